The lowest BCUT2D eigenvalue weighted by atomic mass is 9.83. The zero-order chi connectivity index (χ0) is 14.6. The van der Waals surface area contributed by atoms with Crippen LogP contribution in [0.2, 0.25) is 5.02 Å². The largest absolute Gasteiger partial charge is 0.312 e. The predicted molar refractivity (Wildman–Crippen MR) is 81.0 cm³/mol. The fourth-order valence-electron chi connectivity index (χ4n) is 3.10. The first-order chi connectivity index (χ1) is 9.56. The number of nitro benzene ring substituents is 1. The van der Waals surface area contributed by atoms with Gasteiger partial charge in [0.05, 0.1) is 4.92 Å². The van der Waals surface area contributed by atoms with Gasteiger partial charge in [-0.15, -0.1) is 0 Å². The molecule has 1 fully saturated rings. The van der Waals surface area contributed by atoms with Gasteiger partial charge in [0.2, 0.25) is 0 Å². The molecule has 0 heterocycles. The summed E-state index contributed by atoms with van der Waals surface area (Å²) in [5, 5.41) is 14.8. The highest BCUT2D eigenvalue weighted by Crippen LogP contribution is 2.40. The summed E-state index contributed by atoms with van der Waals surface area (Å²) in [5.41, 5.74) is 1.19. The van der Waals surface area contributed by atoms with E-state index in [1.165, 1.54) is 38.2 Å². The van der Waals surface area contributed by atoms with Crippen molar-refractivity contribution in [1.29, 1.82) is 0 Å². The molecule has 1 N–H and O–H groups in total. The van der Waals surface area contributed by atoms with Gasteiger partial charge in [0.25, 0.3) is 5.69 Å². The van der Waals surface area contributed by atoms with Crippen molar-refractivity contribution in [3.63, 3.8) is 0 Å². The van der Waals surface area contributed by atoms with Crippen LogP contribution in [0.25, 0.3) is 0 Å². The Hall–Kier alpha value is -1.13. The van der Waals surface area contributed by atoms with Gasteiger partial charge in [-0.25, -0.2) is 0 Å². The summed E-state index contributed by atoms with van der Waals surface area (Å²) in [4.78, 5) is 10.7. The van der Waals surface area contributed by atoms with Crippen molar-refractivity contribution in [3.05, 3.63) is 38.9 Å². The van der Waals surface area contributed by atoms with Crippen LogP contribution in [0, 0.1) is 15.5 Å². The van der Waals surface area contributed by atoms with E-state index in [1.54, 1.807) is 12.1 Å². The van der Waals surface area contributed by atoms with Gasteiger partial charge in [-0.2, -0.15) is 0 Å². The SMILES string of the molecule is CCC1(CNCc2ccc(Cl)cc2[N+](=O)[O-])CCCC1. The molecule has 1 aromatic rings. The van der Waals surface area contributed by atoms with E-state index in [1.807, 2.05) is 0 Å². The van der Waals surface area contributed by atoms with E-state index in [2.05, 4.69) is 12.2 Å². The number of nitrogens with zero attached hydrogens (tertiary/aromatic N) is 1. The van der Waals surface area contributed by atoms with Crippen molar-refractivity contribution < 1.29 is 4.92 Å². The first-order valence-electron chi connectivity index (χ1n) is 7.20. The van der Waals surface area contributed by atoms with E-state index >= 15 is 0 Å². The van der Waals surface area contributed by atoms with Crippen LogP contribution in [0.3, 0.4) is 0 Å². The molecule has 0 aromatic heterocycles. The second-order valence-electron chi connectivity index (χ2n) is 5.69. The van der Waals surface area contributed by atoms with E-state index in [0.29, 0.717) is 22.5 Å². The van der Waals surface area contributed by atoms with Crippen LogP contribution in [-0.4, -0.2) is 11.5 Å². The van der Waals surface area contributed by atoms with Crippen LogP contribution in [0.15, 0.2) is 18.2 Å². The van der Waals surface area contributed by atoms with Crippen molar-refractivity contribution in [2.75, 3.05) is 6.54 Å². The number of rotatable bonds is 6. The Bertz CT molecular complexity index is 485. The van der Waals surface area contributed by atoms with Gasteiger partial charge in [-0.3, -0.25) is 10.1 Å². The number of halogens is 1. The fourth-order valence-corrected chi connectivity index (χ4v) is 3.27. The van der Waals surface area contributed by atoms with Crippen LogP contribution in [-0.2, 0) is 6.54 Å². The van der Waals surface area contributed by atoms with E-state index in [9.17, 15) is 10.1 Å². The molecule has 110 valence electrons. The minimum atomic E-state index is -0.367. The third kappa shape index (κ3) is 3.49. The number of nitro groups is 1. The Balaban J connectivity index is 1.99. The van der Waals surface area contributed by atoms with Crippen LogP contribution < -0.4 is 5.32 Å². The summed E-state index contributed by atoms with van der Waals surface area (Å²) < 4.78 is 0. The highest BCUT2D eigenvalue weighted by molar-refractivity contribution is 6.30. The van der Waals surface area contributed by atoms with Crippen molar-refractivity contribution in [2.45, 2.75) is 45.6 Å². The molecule has 0 amide bonds. The van der Waals surface area contributed by atoms with Gasteiger partial charge in [0, 0.05) is 29.7 Å². The maximum atomic E-state index is 11.0. The van der Waals surface area contributed by atoms with Crippen LogP contribution in [0.4, 0.5) is 5.69 Å². The molecule has 0 saturated heterocycles. The van der Waals surface area contributed by atoms with E-state index in [0.717, 1.165) is 6.54 Å². The zero-order valence-corrected chi connectivity index (χ0v) is 12.6. The summed E-state index contributed by atoms with van der Waals surface area (Å²) in [5.74, 6) is 0. The van der Waals surface area contributed by atoms with E-state index in [4.69, 9.17) is 11.6 Å². The summed E-state index contributed by atoms with van der Waals surface area (Å²) >= 11 is 5.82. The molecule has 1 aliphatic rings. The normalized spacial score (nSPS) is 17.3. The molecule has 0 spiro atoms. The van der Waals surface area contributed by atoms with Gasteiger partial charge in [-0.1, -0.05) is 31.4 Å². The number of nitrogens with one attached hydrogen (secondary N) is 1. The molecule has 1 aliphatic carbocycles. The summed E-state index contributed by atoms with van der Waals surface area (Å²) in [7, 11) is 0. The molecule has 5 heteroatoms. The molecule has 1 aromatic carbocycles. The van der Waals surface area contributed by atoms with Gasteiger partial charge in [0.1, 0.15) is 0 Å². The van der Waals surface area contributed by atoms with Crippen molar-refractivity contribution >= 4 is 17.3 Å². The van der Waals surface area contributed by atoms with Crippen molar-refractivity contribution in [1.82, 2.24) is 5.32 Å². The molecule has 4 nitrogen and oxygen atoms in total. The lowest BCUT2D eigenvalue weighted by molar-refractivity contribution is -0.385. The molecule has 0 unspecified atom stereocenters. The summed E-state index contributed by atoms with van der Waals surface area (Å²) in [6, 6.07) is 4.86. The number of hydrogen-bond acceptors (Lipinski definition) is 3. The van der Waals surface area contributed by atoms with E-state index in [-0.39, 0.29) is 10.6 Å². The molecule has 2 rings (SSSR count). The lowest BCUT2D eigenvalue weighted by Gasteiger charge is -2.27. The summed E-state index contributed by atoms with van der Waals surface area (Å²) in [6.07, 6.45) is 6.30. The standard InChI is InChI=1S/C15H21ClN2O2/c1-2-15(7-3-4-8-15)11-17-10-12-5-6-13(16)9-14(12)18(19)20/h5-6,9,17H,2-4,7-8,10-11H2,1H3. The Morgan fingerprint density at radius 3 is 2.70 bits per heavy atom. The van der Waals surface area contributed by atoms with Crippen LogP contribution >= 0.6 is 11.6 Å². The molecule has 0 atom stereocenters. The predicted octanol–water partition coefficient (Wildman–Crippen LogP) is 4.31. The van der Waals surface area contributed by atoms with Crippen molar-refractivity contribution in [2.24, 2.45) is 5.41 Å². The first-order valence-corrected chi connectivity index (χ1v) is 7.58. The molecule has 0 bridgehead atoms. The Labute approximate surface area is 124 Å². The third-order valence-electron chi connectivity index (χ3n) is 4.47. The monoisotopic (exact) mass is 296 g/mol. The minimum Gasteiger partial charge on any atom is -0.312 e. The van der Waals surface area contributed by atoms with Gasteiger partial charge in [-0.05, 0) is 36.8 Å². The maximum absolute atomic E-state index is 11.0. The molecular formula is C15H21ClN2O2. The maximum Gasteiger partial charge on any atom is 0.275 e. The first kappa shape index (κ1) is 15.3. The summed E-state index contributed by atoms with van der Waals surface area (Å²) in [6.45, 7) is 3.69. The van der Waals surface area contributed by atoms with Crippen molar-refractivity contribution in [3.8, 4) is 0 Å². The fraction of sp³-hybridized carbons (Fsp3) is 0.600. The Kier molecular flexibility index (Phi) is 5.00. The zero-order valence-electron chi connectivity index (χ0n) is 11.8. The Morgan fingerprint density at radius 2 is 2.10 bits per heavy atom. The molecule has 0 aliphatic heterocycles. The molecule has 20 heavy (non-hydrogen) atoms. The smallest absolute Gasteiger partial charge is 0.275 e. The van der Waals surface area contributed by atoms with Gasteiger partial charge in [0.15, 0.2) is 0 Å². The lowest BCUT2D eigenvalue weighted by Crippen LogP contribution is -2.31. The highest BCUT2D eigenvalue weighted by atomic mass is 35.5. The molecule has 1 saturated carbocycles. The molecule has 0 radical (unpaired) electrons. The van der Waals surface area contributed by atoms with Crippen LogP contribution in [0.1, 0.15) is 44.6 Å². The molecular weight excluding hydrogens is 276 g/mol. The van der Waals surface area contributed by atoms with Crippen LogP contribution in [0.5, 0.6) is 0 Å². The third-order valence-corrected chi connectivity index (χ3v) is 4.71. The topological polar surface area (TPSA) is 55.2 Å². The second-order valence-corrected chi connectivity index (χ2v) is 6.13. The average molecular weight is 297 g/mol. The van der Waals surface area contributed by atoms with Gasteiger partial charge < -0.3 is 5.32 Å². The minimum absolute atomic E-state index is 0.0990. The average Bonchev–Trinajstić information content (AvgIpc) is 2.89. The quantitative estimate of drug-likeness (QED) is 0.628. The highest BCUT2D eigenvalue weighted by Gasteiger charge is 2.31. The van der Waals surface area contributed by atoms with E-state index < -0.39 is 0 Å². The number of hydrogen-bond donors (Lipinski definition) is 1. The number of benzene rings is 1. The Morgan fingerprint density at radius 1 is 1.40 bits per heavy atom. The second kappa shape index (κ2) is 6.55. The van der Waals surface area contributed by atoms with Gasteiger partial charge >= 0.3 is 0 Å².